The second-order valence-electron chi connectivity index (χ2n) is 8.68. The highest BCUT2D eigenvalue weighted by Gasteiger charge is 2.34. The van der Waals surface area contributed by atoms with E-state index in [9.17, 15) is 13.5 Å². The number of rotatable bonds is 6. The van der Waals surface area contributed by atoms with Crippen molar-refractivity contribution in [3.8, 4) is 22.6 Å². The first kappa shape index (κ1) is 22.5. The van der Waals surface area contributed by atoms with Crippen LogP contribution in [0.4, 0.5) is 0 Å². The molecule has 0 radical (unpaired) electrons. The SMILES string of the molecule is CCn1cc(C2CCN(S(=O)(=O)c3ccc(O)cc3)C2)c2ccc(-c3cccc(OC)c3)cc21. The summed E-state index contributed by atoms with van der Waals surface area (Å²) in [7, 11) is -1.92. The molecule has 5 rings (SSSR count). The van der Waals surface area contributed by atoms with Crippen molar-refractivity contribution in [2.45, 2.75) is 30.7 Å². The minimum Gasteiger partial charge on any atom is -0.508 e. The third-order valence-electron chi connectivity index (χ3n) is 6.72. The highest BCUT2D eigenvalue weighted by atomic mass is 32.2. The molecule has 176 valence electrons. The molecule has 1 fully saturated rings. The number of sulfonamides is 1. The first-order valence-electron chi connectivity index (χ1n) is 11.5. The Kier molecular flexibility index (Phi) is 5.83. The van der Waals surface area contributed by atoms with Crippen molar-refractivity contribution in [1.29, 1.82) is 0 Å². The quantitative estimate of drug-likeness (QED) is 0.414. The lowest BCUT2D eigenvalue weighted by molar-refractivity contribution is 0.415. The Bertz CT molecular complexity index is 1440. The van der Waals surface area contributed by atoms with E-state index in [1.165, 1.54) is 35.2 Å². The number of phenolic OH excluding ortho intramolecular Hbond substituents is 1. The van der Waals surface area contributed by atoms with Gasteiger partial charge in [0.2, 0.25) is 10.0 Å². The highest BCUT2D eigenvalue weighted by Crippen LogP contribution is 2.37. The smallest absolute Gasteiger partial charge is 0.243 e. The molecule has 0 aliphatic carbocycles. The van der Waals surface area contributed by atoms with Gasteiger partial charge in [-0.05, 0) is 72.5 Å². The molecule has 2 heterocycles. The lowest BCUT2D eigenvalue weighted by Crippen LogP contribution is -2.28. The van der Waals surface area contributed by atoms with Crippen LogP contribution in [0.5, 0.6) is 11.5 Å². The summed E-state index contributed by atoms with van der Waals surface area (Å²) >= 11 is 0. The summed E-state index contributed by atoms with van der Waals surface area (Å²) in [6, 6.07) is 20.3. The van der Waals surface area contributed by atoms with E-state index in [1.807, 2.05) is 18.2 Å². The Hall–Kier alpha value is -3.29. The van der Waals surface area contributed by atoms with Crippen LogP contribution in [0.1, 0.15) is 24.8 Å². The maximum atomic E-state index is 13.1. The maximum Gasteiger partial charge on any atom is 0.243 e. The van der Waals surface area contributed by atoms with E-state index in [2.05, 4.69) is 42.0 Å². The van der Waals surface area contributed by atoms with E-state index in [0.717, 1.165) is 35.4 Å². The molecule has 1 aliphatic rings. The average Bonchev–Trinajstić information content (AvgIpc) is 3.49. The van der Waals surface area contributed by atoms with Crippen molar-refractivity contribution in [3.63, 3.8) is 0 Å². The number of aryl methyl sites for hydroxylation is 1. The molecule has 0 amide bonds. The molecule has 3 aromatic carbocycles. The van der Waals surface area contributed by atoms with E-state index >= 15 is 0 Å². The van der Waals surface area contributed by atoms with Crippen LogP contribution in [0.3, 0.4) is 0 Å². The Balaban J connectivity index is 1.47. The molecular formula is C27H28N2O4S. The molecule has 1 N–H and O–H groups in total. The number of methoxy groups -OCH3 is 1. The molecule has 7 heteroatoms. The third-order valence-corrected chi connectivity index (χ3v) is 8.60. The van der Waals surface area contributed by atoms with Gasteiger partial charge in [-0.3, -0.25) is 0 Å². The summed E-state index contributed by atoms with van der Waals surface area (Å²) in [5.41, 5.74) is 4.56. The Labute approximate surface area is 200 Å². The van der Waals surface area contributed by atoms with Crippen molar-refractivity contribution in [2.75, 3.05) is 20.2 Å². The van der Waals surface area contributed by atoms with Gasteiger partial charge in [-0.25, -0.2) is 8.42 Å². The number of hydrogen-bond acceptors (Lipinski definition) is 4. The Morgan fingerprint density at radius 2 is 1.79 bits per heavy atom. The summed E-state index contributed by atoms with van der Waals surface area (Å²) < 4.78 is 35.4. The Morgan fingerprint density at radius 3 is 2.53 bits per heavy atom. The first-order valence-corrected chi connectivity index (χ1v) is 12.9. The molecule has 1 aromatic heterocycles. The van der Waals surface area contributed by atoms with Crippen molar-refractivity contribution in [1.82, 2.24) is 8.87 Å². The normalized spacial score (nSPS) is 16.8. The van der Waals surface area contributed by atoms with Gasteiger partial charge in [0.1, 0.15) is 11.5 Å². The van der Waals surface area contributed by atoms with Crippen LogP contribution < -0.4 is 4.74 Å². The number of nitrogens with zero attached hydrogens (tertiary/aromatic N) is 2. The molecule has 1 saturated heterocycles. The minimum atomic E-state index is -3.59. The summed E-state index contributed by atoms with van der Waals surface area (Å²) in [4.78, 5) is 0.213. The number of hydrogen-bond donors (Lipinski definition) is 1. The van der Waals surface area contributed by atoms with E-state index in [-0.39, 0.29) is 16.6 Å². The van der Waals surface area contributed by atoms with Crippen LogP contribution in [0.25, 0.3) is 22.0 Å². The Morgan fingerprint density at radius 1 is 1.03 bits per heavy atom. The minimum absolute atomic E-state index is 0.0546. The third kappa shape index (κ3) is 3.95. The van der Waals surface area contributed by atoms with Gasteiger partial charge in [-0.1, -0.05) is 24.3 Å². The van der Waals surface area contributed by atoms with Crippen LogP contribution >= 0.6 is 0 Å². The van der Waals surface area contributed by atoms with E-state index in [4.69, 9.17) is 4.74 Å². The molecule has 0 spiro atoms. The molecule has 0 saturated carbocycles. The molecule has 6 nitrogen and oxygen atoms in total. The van der Waals surface area contributed by atoms with Gasteiger partial charge in [0.25, 0.3) is 0 Å². The predicted octanol–water partition coefficient (Wildman–Crippen LogP) is 5.22. The number of phenols is 1. The average molecular weight is 477 g/mol. The molecule has 4 aromatic rings. The lowest BCUT2D eigenvalue weighted by atomic mass is 9.96. The summed E-state index contributed by atoms with van der Waals surface area (Å²) in [6.45, 7) is 3.89. The second-order valence-corrected chi connectivity index (χ2v) is 10.6. The molecule has 1 unspecified atom stereocenters. The molecule has 1 atom stereocenters. The van der Waals surface area contributed by atoms with Gasteiger partial charge in [0.15, 0.2) is 0 Å². The zero-order chi connectivity index (χ0) is 23.9. The number of aromatic nitrogens is 1. The molecule has 34 heavy (non-hydrogen) atoms. The van der Waals surface area contributed by atoms with Crippen LogP contribution in [0.15, 0.2) is 77.8 Å². The fourth-order valence-corrected chi connectivity index (χ4v) is 6.36. The van der Waals surface area contributed by atoms with Gasteiger partial charge in [-0.2, -0.15) is 4.31 Å². The fourth-order valence-electron chi connectivity index (χ4n) is 4.86. The number of fused-ring (bicyclic) bond motifs is 1. The van der Waals surface area contributed by atoms with Crippen LogP contribution in [-0.4, -0.2) is 42.6 Å². The van der Waals surface area contributed by atoms with Gasteiger partial charge in [0, 0.05) is 42.7 Å². The van der Waals surface area contributed by atoms with E-state index in [1.54, 1.807) is 11.4 Å². The van der Waals surface area contributed by atoms with Gasteiger partial charge in [-0.15, -0.1) is 0 Å². The molecule has 0 bridgehead atoms. The van der Waals surface area contributed by atoms with Crippen LogP contribution in [0, 0.1) is 0 Å². The first-order chi connectivity index (χ1) is 16.4. The van der Waals surface area contributed by atoms with Crippen LogP contribution in [0.2, 0.25) is 0 Å². The summed E-state index contributed by atoms with van der Waals surface area (Å²) in [6.07, 6.45) is 2.96. The number of aromatic hydroxyl groups is 1. The van der Waals surface area contributed by atoms with Crippen molar-refractivity contribution < 1.29 is 18.3 Å². The lowest BCUT2D eigenvalue weighted by Gasteiger charge is -2.16. The largest absolute Gasteiger partial charge is 0.508 e. The maximum absolute atomic E-state index is 13.1. The van der Waals surface area contributed by atoms with Crippen molar-refractivity contribution >= 4 is 20.9 Å². The number of benzene rings is 3. The number of ether oxygens (including phenoxy) is 1. The zero-order valence-electron chi connectivity index (χ0n) is 19.3. The zero-order valence-corrected chi connectivity index (χ0v) is 20.1. The van der Waals surface area contributed by atoms with Gasteiger partial charge in [0.05, 0.1) is 12.0 Å². The van der Waals surface area contributed by atoms with E-state index < -0.39 is 10.0 Å². The van der Waals surface area contributed by atoms with Crippen molar-refractivity contribution in [3.05, 3.63) is 78.5 Å². The molecular weight excluding hydrogens is 448 g/mol. The van der Waals surface area contributed by atoms with Crippen molar-refractivity contribution in [2.24, 2.45) is 0 Å². The molecule has 1 aliphatic heterocycles. The van der Waals surface area contributed by atoms with Gasteiger partial charge >= 0.3 is 0 Å². The standard InChI is InChI=1S/C27H28N2O4S/c1-3-28-18-26(21-13-14-29(17-21)34(31,32)24-10-8-22(30)9-11-24)25-12-7-20(16-27(25)28)19-5-4-6-23(15-19)33-2/h4-12,15-16,18,21,30H,3,13-14,17H2,1-2H3. The van der Waals surface area contributed by atoms with Crippen LogP contribution in [-0.2, 0) is 16.6 Å². The van der Waals surface area contributed by atoms with E-state index in [0.29, 0.717) is 13.1 Å². The topological polar surface area (TPSA) is 71.8 Å². The predicted molar refractivity (Wildman–Crippen MR) is 134 cm³/mol. The highest BCUT2D eigenvalue weighted by molar-refractivity contribution is 7.89. The fraction of sp³-hybridized carbons (Fsp3) is 0.259. The summed E-state index contributed by atoms with van der Waals surface area (Å²) in [5, 5.41) is 10.7. The summed E-state index contributed by atoms with van der Waals surface area (Å²) in [5.74, 6) is 1.01. The second kappa shape index (κ2) is 8.81. The monoisotopic (exact) mass is 476 g/mol. The van der Waals surface area contributed by atoms with Gasteiger partial charge < -0.3 is 14.4 Å².